The SMILES string of the molecule is CCOC(=O)Cc1csc(NC(=O)c2cnc3ccccc3c2C(F)(F)F)n1. The fourth-order valence-corrected chi connectivity index (χ4v) is 3.29. The van der Waals surface area contributed by atoms with Crippen LogP contribution in [-0.2, 0) is 22.1 Å². The van der Waals surface area contributed by atoms with Crippen molar-refractivity contribution in [1.29, 1.82) is 0 Å². The lowest BCUT2D eigenvalue weighted by atomic mass is 10.0. The number of aromatic nitrogens is 2. The molecule has 3 aromatic rings. The fraction of sp³-hybridized carbons (Fsp3) is 0.222. The Kier molecular flexibility index (Phi) is 5.59. The van der Waals surface area contributed by atoms with Crippen molar-refractivity contribution in [2.24, 2.45) is 0 Å². The third-order valence-electron chi connectivity index (χ3n) is 3.71. The molecule has 0 atom stereocenters. The minimum atomic E-state index is -4.74. The van der Waals surface area contributed by atoms with E-state index in [0.29, 0.717) is 5.69 Å². The van der Waals surface area contributed by atoms with Gasteiger partial charge in [0.25, 0.3) is 5.91 Å². The van der Waals surface area contributed by atoms with Crippen molar-refractivity contribution in [1.82, 2.24) is 9.97 Å². The van der Waals surface area contributed by atoms with Crippen molar-refractivity contribution in [2.75, 3.05) is 11.9 Å². The van der Waals surface area contributed by atoms with Crippen molar-refractivity contribution in [2.45, 2.75) is 19.5 Å². The van der Waals surface area contributed by atoms with Crippen molar-refractivity contribution < 1.29 is 27.5 Å². The summed E-state index contributed by atoms with van der Waals surface area (Å²) in [5, 5.41) is 3.77. The third kappa shape index (κ3) is 4.28. The molecule has 1 N–H and O–H groups in total. The predicted molar refractivity (Wildman–Crippen MR) is 97.1 cm³/mol. The Hall–Kier alpha value is -3.01. The first-order chi connectivity index (χ1) is 13.3. The van der Waals surface area contributed by atoms with Gasteiger partial charge in [-0.1, -0.05) is 18.2 Å². The van der Waals surface area contributed by atoms with E-state index < -0.39 is 29.2 Å². The molecule has 0 aliphatic carbocycles. The number of anilines is 1. The van der Waals surface area contributed by atoms with E-state index in [2.05, 4.69) is 15.3 Å². The van der Waals surface area contributed by atoms with Crippen molar-refractivity contribution in [3.63, 3.8) is 0 Å². The van der Waals surface area contributed by atoms with Crippen molar-refractivity contribution >= 4 is 39.2 Å². The zero-order valence-electron chi connectivity index (χ0n) is 14.5. The molecule has 2 heterocycles. The van der Waals surface area contributed by atoms with Gasteiger partial charge in [0.05, 0.1) is 35.4 Å². The van der Waals surface area contributed by atoms with Crippen LogP contribution in [0, 0.1) is 0 Å². The Morgan fingerprint density at radius 1 is 1.25 bits per heavy atom. The molecule has 0 aliphatic rings. The highest BCUT2D eigenvalue weighted by Gasteiger charge is 2.37. The van der Waals surface area contributed by atoms with E-state index in [4.69, 9.17) is 4.74 Å². The largest absolute Gasteiger partial charge is 0.466 e. The molecule has 0 spiro atoms. The zero-order chi connectivity index (χ0) is 20.3. The van der Waals surface area contributed by atoms with Gasteiger partial charge in [-0.05, 0) is 13.0 Å². The van der Waals surface area contributed by atoms with Crippen molar-refractivity contribution in [3.05, 3.63) is 52.7 Å². The van der Waals surface area contributed by atoms with Gasteiger partial charge in [0.1, 0.15) is 0 Å². The Labute approximate surface area is 161 Å². The van der Waals surface area contributed by atoms with Crippen LogP contribution >= 0.6 is 11.3 Å². The molecule has 6 nitrogen and oxygen atoms in total. The molecule has 146 valence electrons. The number of hydrogen-bond donors (Lipinski definition) is 1. The van der Waals surface area contributed by atoms with E-state index in [1.165, 1.54) is 23.6 Å². The molecule has 0 saturated heterocycles. The maximum absolute atomic E-state index is 13.6. The minimum Gasteiger partial charge on any atom is -0.466 e. The van der Waals surface area contributed by atoms with Gasteiger partial charge >= 0.3 is 12.1 Å². The highest BCUT2D eigenvalue weighted by Crippen LogP contribution is 2.37. The number of carbonyl (C=O) groups excluding carboxylic acids is 2. The van der Waals surface area contributed by atoms with Crippen LogP contribution in [0.3, 0.4) is 0 Å². The van der Waals surface area contributed by atoms with E-state index in [1.807, 2.05) is 0 Å². The number of rotatable bonds is 5. The molecule has 0 bridgehead atoms. The number of alkyl halides is 3. The van der Waals surface area contributed by atoms with E-state index in [-0.39, 0.29) is 29.1 Å². The van der Waals surface area contributed by atoms with Gasteiger partial charge in [0.15, 0.2) is 5.13 Å². The summed E-state index contributed by atoms with van der Waals surface area (Å²) in [5.41, 5.74) is -1.17. The number of fused-ring (bicyclic) bond motifs is 1. The number of nitrogens with one attached hydrogen (secondary N) is 1. The lowest BCUT2D eigenvalue weighted by molar-refractivity contribution is -0.142. The molecular formula is C18H14F3N3O3S. The number of halogens is 3. The molecular weight excluding hydrogens is 395 g/mol. The zero-order valence-corrected chi connectivity index (χ0v) is 15.4. The number of pyridine rings is 1. The van der Waals surface area contributed by atoms with Crippen LogP contribution < -0.4 is 5.32 Å². The van der Waals surface area contributed by atoms with Gasteiger partial charge in [0.2, 0.25) is 0 Å². The number of ether oxygens (including phenoxy) is 1. The molecule has 1 amide bonds. The summed E-state index contributed by atoms with van der Waals surface area (Å²) in [6.45, 7) is 1.89. The molecule has 28 heavy (non-hydrogen) atoms. The number of nitrogens with zero attached hydrogens (tertiary/aromatic N) is 2. The van der Waals surface area contributed by atoms with Crippen LogP contribution in [0.1, 0.15) is 28.5 Å². The predicted octanol–water partition coefficient (Wildman–Crippen LogP) is 4.07. The maximum atomic E-state index is 13.6. The summed E-state index contributed by atoms with van der Waals surface area (Å²) >= 11 is 0.997. The molecule has 2 aromatic heterocycles. The number of amides is 1. The second kappa shape index (κ2) is 7.93. The van der Waals surface area contributed by atoms with E-state index >= 15 is 0 Å². The molecule has 10 heteroatoms. The lowest BCUT2D eigenvalue weighted by Crippen LogP contribution is -2.19. The molecule has 0 saturated carbocycles. The summed E-state index contributed by atoms with van der Waals surface area (Å²) in [6.07, 6.45) is -3.94. The third-order valence-corrected chi connectivity index (χ3v) is 4.51. The van der Waals surface area contributed by atoms with Crippen molar-refractivity contribution in [3.8, 4) is 0 Å². The second-order valence-electron chi connectivity index (χ2n) is 5.64. The first-order valence-corrected chi connectivity index (χ1v) is 9.04. The Morgan fingerprint density at radius 2 is 2.00 bits per heavy atom. The fourth-order valence-electron chi connectivity index (χ4n) is 2.59. The summed E-state index contributed by atoms with van der Waals surface area (Å²) < 4.78 is 45.7. The molecule has 3 rings (SSSR count). The van der Waals surface area contributed by atoms with Gasteiger partial charge in [0, 0.05) is 17.0 Å². The molecule has 0 aliphatic heterocycles. The maximum Gasteiger partial charge on any atom is 0.417 e. The first kappa shape index (κ1) is 19.7. The van der Waals surface area contributed by atoms with Gasteiger partial charge < -0.3 is 4.74 Å². The average molecular weight is 409 g/mol. The highest BCUT2D eigenvalue weighted by atomic mass is 32.1. The Bertz CT molecular complexity index is 1030. The summed E-state index contributed by atoms with van der Waals surface area (Å²) in [5.74, 6) is -1.47. The Morgan fingerprint density at radius 3 is 2.71 bits per heavy atom. The number of esters is 1. The van der Waals surface area contributed by atoms with Gasteiger partial charge in [-0.3, -0.25) is 19.9 Å². The number of benzene rings is 1. The van der Waals surface area contributed by atoms with E-state index in [9.17, 15) is 22.8 Å². The normalized spacial score (nSPS) is 11.4. The molecule has 0 unspecified atom stereocenters. The molecule has 0 radical (unpaired) electrons. The minimum absolute atomic E-state index is 0.0746. The van der Waals surface area contributed by atoms with E-state index in [1.54, 1.807) is 13.0 Å². The van der Waals surface area contributed by atoms with Crippen LogP contribution in [0.4, 0.5) is 18.3 Å². The van der Waals surface area contributed by atoms with E-state index in [0.717, 1.165) is 17.5 Å². The first-order valence-electron chi connectivity index (χ1n) is 8.16. The summed E-state index contributed by atoms with van der Waals surface area (Å²) in [6, 6.07) is 5.72. The average Bonchev–Trinajstić information content (AvgIpc) is 3.06. The molecule has 1 aromatic carbocycles. The number of para-hydroxylation sites is 1. The quantitative estimate of drug-likeness (QED) is 0.643. The highest BCUT2D eigenvalue weighted by molar-refractivity contribution is 7.14. The number of thiazole rings is 1. The van der Waals surface area contributed by atoms with Gasteiger partial charge in [-0.25, -0.2) is 4.98 Å². The second-order valence-corrected chi connectivity index (χ2v) is 6.50. The smallest absolute Gasteiger partial charge is 0.417 e. The Balaban J connectivity index is 1.88. The topological polar surface area (TPSA) is 81.2 Å². The lowest BCUT2D eigenvalue weighted by Gasteiger charge is -2.14. The number of carbonyl (C=O) groups is 2. The van der Waals surface area contributed by atoms with Crippen LogP contribution in [0.25, 0.3) is 10.9 Å². The standard InChI is InChI=1S/C18H14F3N3O3S/c1-2-27-14(25)7-10-9-28-17(23-10)24-16(26)12-8-22-13-6-4-3-5-11(13)15(12)18(19,20)21/h3-6,8-9H,2,7H2,1H3,(H,23,24,26). The van der Waals surface area contributed by atoms with Crippen LogP contribution in [0.15, 0.2) is 35.8 Å². The van der Waals surface area contributed by atoms with Crippen LogP contribution in [0.5, 0.6) is 0 Å². The number of hydrogen-bond acceptors (Lipinski definition) is 6. The molecule has 0 fully saturated rings. The van der Waals surface area contributed by atoms with Crippen LogP contribution in [-0.4, -0.2) is 28.5 Å². The summed E-state index contributed by atoms with van der Waals surface area (Å²) in [4.78, 5) is 31.9. The van der Waals surface area contributed by atoms with Gasteiger partial charge in [-0.2, -0.15) is 13.2 Å². The van der Waals surface area contributed by atoms with Crippen LogP contribution in [0.2, 0.25) is 0 Å². The summed E-state index contributed by atoms with van der Waals surface area (Å²) in [7, 11) is 0. The van der Waals surface area contributed by atoms with Gasteiger partial charge in [-0.15, -0.1) is 11.3 Å². The monoisotopic (exact) mass is 409 g/mol.